The van der Waals surface area contributed by atoms with E-state index in [9.17, 15) is 10.2 Å². The SMILES string of the molecule is CN1C=C/C(=C/C2C(O)C(/C=C3/C=CN(C)C=N3)C2O)N=C1. The third-order valence-corrected chi connectivity index (χ3v) is 4.04. The van der Waals surface area contributed by atoms with Gasteiger partial charge in [-0.2, -0.15) is 0 Å². The molecule has 0 spiro atoms. The van der Waals surface area contributed by atoms with Crippen molar-refractivity contribution in [3.63, 3.8) is 0 Å². The molecule has 3 aliphatic rings. The van der Waals surface area contributed by atoms with E-state index >= 15 is 0 Å². The fourth-order valence-corrected chi connectivity index (χ4v) is 2.62. The molecule has 0 unspecified atom stereocenters. The molecule has 6 nitrogen and oxygen atoms in total. The molecule has 0 saturated heterocycles. The van der Waals surface area contributed by atoms with Crippen LogP contribution in [-0.2, 0) is 0 Å². The molecule has 2 N–H and O–H groups in total. The van der Waals surface area contributed by atoms with Crippen molar-refractivity contribution in [1.82, 2.24) is 9.80 Å². The first-order valence-electron chi connectivity index (χ1n) is 7.23. The lowest BCUT2D eigenvalue weighted by Crippen LogP contribution is -2.53. The van der Waals surface area contributed by atoms with Crippen molar-refractivity contribution in [2.45, 2.75) is 12.2 Å². The monoisotopic (exact) mass is 300 g/mol. The Labute approximate surface area is 129 Å². The number of aliphatic hydroxyl groups excluding tert-OH is 2. The van der Waals surface area contributed by atoms with Gasteiger partial charge in [0.05, 0.1) is 36.3 Å². The molecule has 0 amide bonds. The number of allylic oxidation sites excluding steroid dienone is 2. The lowest BCUT2D eigenvalue weighted by atomic mass is 9.68. The summed E-state index contributed by atoms with van der Waals surface area (Å²) < 4.78 is 0. The number of hydrogen-bond donors (Lipinski definition) is 2. The topological polar surface area (TPSA) is 71.7 Å². The Morgan fingerprint density at radius 2 is 1.27 bits per heavy atom. The Kier molecular flexibility index (Phi) is 3.96. The summed E-state index contributed by atoms with van der Waals surface area (Å²) in [6, 6.07) is 0. The van der Waals surface area contributed by atoms with Crippen LogP contribution in [0, 0.1) is 11.8 Å². The number of aliphatic hydroxyl groups is 2. The highest BCUT2D eigenvalue weighted by Gasteiger charge is 2.46. The summed E-state index contributed by atoms with van der Waals surface area (Å²) in [4.78, 5) is 12.2. The second-order valence-electron chi connectivity index (χ2n) is 5.77. The summed E-state index contributed by atoms with van der Waals surface area (Å²) in [5.41, 5.74) is 1.51. The standard InChI is InChI=1S/C16H20N4O2/c1-19-5-3-11(17-9-19)7-13-15(21)14(16(13)22)8-12-4-6-20(2)10-18-12/h3-10,13-16,21-22H,1-2H3/b11-7-,12-8-. The van der Waals surface area contributed by atoms with Crippen LogP contribution in [0.15, 0.2) is 58.1 Å². The van der Waals surface area contributed by atoms with E-state index in [0.29, 0.717) is 0 Å². The molecule has 3 rings (SSSR count). The molecule has 6 heteroatoms. The smallest absolute Gasteiger partial charge is 0.0949 e. The summed E-state index contributed by atoms with van der Waals surface area (Å²) in [7, 11) is 3.78. The number of aliphatic imine (C=N–C) groups is 2. The van der Waals surface area contributed by atoms with Gasteiger partial charge in [0.15, 0.2) is 0 Å². The third-order valence-electron chi connectivity index (χ3n) is 4.04. The van der Waals surface area contributed by atoms with Crippen LogP contribution in [0.5, 0.6) is 0 Å². The Balaban J connectivity index is 1.67. The van der Waals surface area contributed by atoms with Gasteiger partial charge in [-0.15, -0.1) is 0 Å². The fourth-order valence-electron chi connectivity index (χ4n) is 2.62. The molecule has 0 aromatic rings. The van der Waals surface area contributed by atoms with Crippen LogP contribution < -0.4 is 0 Å². The normalized spacial score (nSPS) is 37.3. The van der Waals surface area contributed by atoms with Crippen molar-refractivity contribution >= 4 is 12.7 Å². The summed E-state index contributed by atoms with van der Waals surface area (Å²) in [6.07, 6.45) is 13.3. The molecule has 1 fully saturated rings. The molecule has 0 atom stereocenters. The van der Waals surface area contributed by atoms with Crippen molar-refractivity contribution < 1.29 is 10.2 Å². The van der Waals surface area contributed by atoms with Crippen LogP contribution in [-0.4, -0.2) is 59.0 Å². The maximum absolute atomic E-state index is 10.3. The fraction of sp³-hybridized carbons (Fsp3) is 0.375. The minimum Gasteiger partial charge on any atom is -0.392 e. The van der Waals surface area contributed by atoms with Crippen LogP contribution in [0.25, 0.3) is 0 Å². The molecule has 2 heterocycles. The highest BCUT2D eigenvalue weighted by Crippen LogP contribution is 2.38. The van der Waals surface area contributed by atoms with E-state index in [4.69, 9.17) is 0 Å². The van der Waals surface area contributed by atoms with E-state index in [1.54, 1.807) is 12.7 Å². The molecule has 22 heavy (non-hydrogen) atoms. The maximum atomic E-state index is 10.3. The Morgan fingerprint density at radius 1 is 0.864 bits per heavy atom. The molecule has 116 valence electrons. The van der Waals surface area contributed by atoms with Gasteiger partial charge in [-0.1, -0.05) is 12.2 Å². The summed E-state index contributed by atoms with van der Waals surface area (Å²) in [5, 5.41) is 20.6. The highest BCUT2D eigenvalue weighted by molar-refractivity contribution is 5.61. The second-order valence-corrected chi connectivity index (χ2v) is 5.77. The molecule has 1 aliphatic carbocycles. The summed E-state index contributed by atoms with van der Waals surface area (Å²) in [5.74, 6) is -0.609. The molecule has 2 aliphatic heterocycles. The number of rotatable bonds is 2. The zero-order valence-electron chi connectivity index (χ0n) is 12.6. The quantitative estimate of drug-likeness (QED) is 0.787. The van der Waals surface area contributed by atoms with Gasteiger partial charge in [0, 0.05) is 38.3 Å². The lowest BCUT2D eigenvalue weighted by molar-refractivity contribution is -0.110. The highest BCUT2D eigenvalue weighted by atomic mass is 16.3. The molecular weight excluding hydrogens is 280 g/mol. The van der Waals surface area contributed by atoms with E-state index in [-0.39, 0.29) is 11.8 Å². The van der Waals surface area contributed by atoms with E-state index < -0.39 is 12.2 Å². The van der Waals surface area contributed by atoms with Crippen molar-refractivity contribution in [2.24, 2.45) is 21.8 Å². The van der Waals surface area contributed by atoms with Gasteiger partial charge in [0.1, 0.15) is 0 Å². The minimum absolute atomic E-state index is 0.304. The maximum Gasteiger partial charge on any atom is 0.0949 e. The van der Waals surface area contributed by atoms with E-state index in [1.165, 1.54) is 0 Å². The van der Waals surface area contributed by atoms with Gasteiger partial charge in [-0.25, -0.2) is 9.98 Å². The van der Waals surface area contributed by atoms with E-state index in [1.807, 2.05) is 60.6 Å². The molecule has 0 aromatic carbocycles. The van der Waals surface area contributed by atoms with Crippen molar-refractivity contribution in [2.75, 3.05) is 14.1 Å². The predicted molar refractivity (Wildman–Crippen MR) is 85.9 cm³/mol. The zero-order valence-corrected chi connectivity index (χ0v) is 12.6. The van der Waals surface area contributed by atoms with E-state index in [0.717, 1.165) is 11.4 Å². The van der Waals surface area contributed by atoms with Gasteiger partial charge in [0.2, 0.25) is 0 Å². The molecule has 0 bridgehead atoms. The van der Waals surface area contributed by atoms with Crippen molar-refractivity contribution in [3.8, 4) is 0 Å². The number of hydrogen-bond acceptors (Lipinski definition) is 6. The van der Waals surface area contributed by atoms with Crippen molar-refractivity contribution in [1.29, 1.82) is 0 Å². The third kappa shape index (κ3) is 2.88. The van der Waals surface area contributed by atoms with Crippen LogP contribution in [0.2, 0.25) is 0 Å². The Hall–Kier alpha value is -2.18. The lowest BCUT2D eigenvalue weighted by Gasteiger charge is -2.44. The Morgan fingerprint density at radius 3 is 1.59 bits per heavy atom. The minimum atomic E-state index is -0.624. The zero-order chi connectivity index (χ0) is 15.7. The molecular formula is C16H20N4O2. The van der Waals surface area contributed by atoms with Crippen molar-refractivity contribution in [3.05, 3.63) is 48.1 Å². The predicted octanol–water partition coefficient (Wildman–Crippen LogP) is 0.697. The first-order chi connectivity index (χ1) is 10.5. The first-order valence-corrected chi connectivity index (χ1v) is 7.23. The second kappa shape index (κ2) is 5.90. The van der Waals surface area contributed by atoms with Gasteiger partial charge in [-0.05, 0) is 12.2 Å². The first kappa shape index (κ1) is 14.7. The summed E-state index contributed by atoms with van der Waals surface area (Å²) >= 11 is 0. The van der Waals surface area contributed by atoms with Crippen LogP contribution >= 0.6 is 0 Å². The average Bonchev–Trinajstić information content (AvgIpc) is 2.53. The van der Waals surface area contributed by atoms with Gasteiger partial charge >= 0.3 is 0 Å². The number of nitrogens with zero attached hydrogens (tertiary/aromatic N) is 4. The average molecular weight is 300 g/mol. The molecule has 0 radical (unpaired) electrons. The van der Waals surface area contributed by atoms with Gasteiger partial charge < -0.3 is 20.0 Å². The van der Waals surface area contributed by atoms with Gasteiger partial charge in [-0.3, -0.25) is 0 Å². The molecule has 0 aromatic heterocycles. The Bertz CT molecular complexity index is 524. The molecule has 1 saturated carbocycles. The van der Waals surface area contributed by atoms with E-state index in [2.05, 4.69) is 9.98 Å². The largest absolute Gasteiger partial charge is 0.392 e. The van der Waals surface area contributed by atoms with Crippen LogP contribution in [0.1, 0.15) is 0 Å². The van der Waals surface area contributed by atoms with Crippen LogP contribution in [0.3, 0.4) is 0 Å². The van der Waals surface area contributed by atoms with Gasteiger partial charge in [0.25, 0.3) is 0 Å². The summed E-state index contributed by atoms with van der Waals surface area (Å²) in [6.45, 7) is 0. The van der Waals surface area contributed by atoms with Crippen LogP contribution in [0.4, 0.5) is 0 Å².